The molecular formula is C26H38N4O7. The molecule has 11 heteroatoms. The van der Waals surface area contributed by atoms with Gasteiger partial charge in [0.25, 0.3) is 0 Å². The van der Waals surface area contributed by atoms with Crippen molar-refractivity contribution in [3.8, 4) is 5.75 Å². The van der Waals surface area contributed by atoms with E-state index in [0.29, 0.717) is 11.4 Å². The van der Waals surface area contributed by atoms with E-state index in [-0.39, 0.29) is 24.6 Å². The number of benzene rings is 1. The van der Waals surface area contributed by atoms with Crippen molar-refractivity contribution in [2.75, 3.05) is 38.7 Å². The zero-order chi connectivity index (χ0) is 27.2. The van der Waals surface area contributed by atoms with Gasteiger partial charge in [0.05, 0.1) is 18.3 Å². The molecule has 1 saturated heterocycles. The zero-order valence-electron chi connectivity index (χ0n) is 21.5. The Bertz CT molecular complexity index is 1020. The van der Waals surface area contributed by atoms with Gasteiger partial charge in [0.2, 0.25) is 0 Å². The lowest BCUT2D eigenvalue weighted by Gasteiger charge is -2.38. The summed E-state index contributed by atoms with van der Waals surface area (Å²) in [6.07, 6.45) is 8.86. The highest BCUT2D eigenvalue weighted by atomic mass is 16.5. The van der Waals surface area contributed by atoms with Crippen molar-refractivity contribution in [3.63, 3.8) is 0 Å². The predicted molar refractivity (Wildman–Crippen MR) is 140 cm³/mol. The number of carbonyl (C=O) groups is 3. The Balaban J connectivity index is 0.000000717. The molecule has 2 amide bonds. The number of unbranched alkanes of at least 4 members (excludes halogenated alkanes) is 4. The monoisotopic (exact) mass is 518 g/mol. The number of carboxylic acid groups (broad SMARTS) is 2. The highest BCUT2D eigenvalue weighted by molar-refractivity contribution is 6.27. The molecule has 1 aliphatic heterocycles. The first-order chi connectivity index (χ1) is 17.8. The fourth-order valence-corrected chi connectivity index (χ4v) is 4.31. The minimum Gasteiger partial charge on any atom is -0.497 e. The summed E-state index contributed by atoms with van der Waals surface area (Å²) in [6.45, 7) is 5.15. The number of carboxylic acids is 2. The first-order valence-electron chi connectivity index (χ1n) is 12.6. The van der Waals surface area contributed by atoms with Crippen LogP contribution in [0.4, 0.5) is 10.5 Å². The maximum Gasteiger partial charge on any atom is 0.414 e. The summed E-state index contributed by atoms with van der Waals surface area (Å²) in [4.78, 5) is 37.7. The van der Waals surface area contributed by atoms with E-state index in [1.54, 1.807) is 19.4 Å². The second kappa shape index (κ2) is 15.6. The SMILES string of the molecule is CCCCCCCN1CCC(NC(=O)Nc2ccnc3ccc(OC)cc23)C(CO)C1.O=C(O)C(=O)O. The summed E-state index contributed by atoms with van der Waals surface area (Å²) in [5, 5.41) is 31.5. The van der Waals surface area contributed by atoms with E-state index in [4.69, 9.17) is 24.5 Å². The molecule has 0 saturated carbocycles. The van der Waals surface area contributed by atoms with Crippen molar-refractivity contribution in [2.45, 2.75) is 51.5 Å². The number of pyridine rings is 1. The first kappa shape index (κ1) is 29.8. The van der Waals surface area contributed by atoms with Crippen LogP contribution >= 0.6 is 0 Å². The van der Waals surface area contributed by atoms with Crippen LogP contribution in [0.3, 0.4) is 0 Å². The highest BCUT2D eigenvalue weighted by Crippen LogP contribution is 2.26. The van der Waals surface area contributed by atoms with Gasteiger partial charge in [0, 0.05) is 43.2 Å². The summed E-state index contributed by atoms with van der Waals surface area (Å²) in [5.74, 6) is -2.89. The number of nitrogens with zero attached hydrogens (tertiary/aromatic N) is 2. The quantitative estimate of drug-likeness (QED) is 0.235. The maximum absolute atomic E-state index is 12.7. The van der Waals surface area contributed by atoms with Crippen LogP contribution in [-0.2, 0) is 9.59 Å². The number of hydrogen-bond acceptors (Lipinski definition) is 7. The average Bonchev–Trinajstić information content (AvgIpc) is 2.89. The van der Waals surface area contributed by atoms with Crippen molar-refractivity contribution >= 4 is 34.6 Å². The predicted octanol–water partition coefficient (Wildman–Crippen LogP) is 3.17. The molecule has 2 unspecified atom stereocenters. The molecule has 1 aliphatic rings. The van der Waals surface area contributed by atoms with E-state index in [9.17, 15) is 9.90 Å². The van der Waals surface area contributed by atoms with Gasteiger partial charge in [-0.2, -0.15) is 0 Å². The molecule has 1 aromatic heterocycles. The smallest absolute Gasteiger partial charge is 0.414 e. The summed E-state index contributed by atoms with van der Waals surface area (Å²) in [7, 11) is 1.62. The Morgan fingerprint density at radius 1 is 1.11 bits per heavy atom. The minimum absolute atomic E-state index is 0.0380. The maximum atomic E-state index is 12.7. The number of anilines is 1. The van der Waals surface area contributed by atoms with Crippen LogP contribution in [0.25, 0.3) is 10.9 Å². The molecule has 11 nitrogen and oxygen atoms in total. The molecule has 5 N–H and O–H groups in total. The number of aliphatic hydroxyl groups excluding tert-OH is 1. The van der Waals surface area contributed by atoms with Crippen LogP contribution in [0, 0.1) is 5.92 Å². The van der Waals surface area contributed by atoms with E-state index < -0.39 is 11.9 Å². The Labute approximate surface area is 216 Å². The lowest BCUT2D eigenvalue weighted by Crippen LogP contribution is -2.53. The van der Waals surface area contributed by atoms with E-state index in [1.807, 2.05) is 18.2 Å². The van der Waals surface area contributed by atoms with Gasteiger partial charge in [-0.25, -0.2) is 14.4 Å². The number of urea groups is 1. The van der Waals surface area contributed by atoms with Crippen molar-refractivity contribution in [1.29, 1.82) is 0 Å². The van der Waals surface area contributed by atoms with Crippen LogP contribution in [0.15, 0.2) is 30.5 Å². The number of amides is 2. The number of carbonyl (C=O) groups excluding carboxylic acids is 1. The van der Waals surface area contributed by atoms with Crippen LogP contribution < -0.4 is 15.4 Å². The zero-order valence-corrected chi connectivity index (χ0v) is 21.5. The van der Waals surface area contributed by atoms with Gasteiger partial charge in [-0.15, -0.1) is 0 Å². The van der Waals surface area contributed by atoms with Gasteiger partial charge in [-0.05, 0) is 43.7 Å². The van der Waals surface area contributed by atoms with Crippen molar-refractivity contribution < 1.29 is 34.4 Å². The van der Waals surface area contributed by atoms with Crippen LogP contribution in [0.5, 0.6) is 5.75 Å². The summed E-state index contributed by atoms with van der Waals surface area (Å²) >= 11 is 0. The largest absolute Gasteiger partial charge is 0.497 e. The third kappa shape index (κ3) is 9.85. The normalized spacial score (nSPS) is 17.4. The molecule has 37 heavy (non-hydrogen) atoms. The fourth-order valence-electron chi connectivity index (χ4n) is 4.31. The Hall–Kier alpha value is -3.44. The van der Waals surface area contributed by atoms with Crippen LogP contribution in [0.1, 0.15) is 45.4 Å². The molecule has 0 radical (unpaired) electrons. The highest BCUT2D eigenvalue weighted by Gasteiger charge is 2.29. The van der Waals surface area contributed by atoms with E-state index >= 15 is 0 Å². The minimum atomic E-state index is -1.82. The Morgan fingerprint density at radius 3 is 2.49 bits per heavy atom. The number of hydrogen-bond donors (Lipinski definition) is 5. The third-order valence-corrected chi connectivity index (χ3v) is 6.33. The number of aromatic nitrogens is 1. The second-order valence-corrected chi connectivity index (χ2v) is 9.00. The molecule has 204 valence electrons. The van der Waals surface area contributed by atoms with Gasteiger partial charge in [-0.3, -0.25) is 4.98 Å². The number of ether oxygens (including phenoxy) is 1. The topological polar surface area (TPSA) is 161 Å². The molecule has 0 aliphatic carbocycles. The fraction of sp³-hybridized carbons (Fsp3) is 0.538. The lowest BCUT2D eigenvalue weighted by molar-refractivity contribution is -0.159. The summed E-state index contributed by atoms with van der Waals surface area (Å²) in [5.41, 5.74) is 1.48. The molecule has 0 spiro atoms. The number of piperidine rings is 1. The molecule has 0 bridgehead atoms. The van der Waals surface area contributed by atoms with Crippen molar-refractivity contribution in [2.24, 2.45) is 5.92 Å². The Morgan fingerprint density at radius 2 is 1.84 bits per heavy atom. The van der Waals surface area contributed by atoms with Gasteiger partial charge in [0.15, 0.2) is 0 Å². The summed E-state index contributed by atoms with van der Waals surface area (Å²) in [6, 6.07) is 7.08. The van der Waals surface area contributed by atoms with E-state index in [1.165, 1.54) is 32.1 Å². The van der Waals surface area contributed by atoms with Gasteiger partial charge < -0.3 is 35.6 Å². The van der Waals surface area contributed by atoms with Crippen molar-refractivity contribution in [1.82, 2.24) is 15.2 Å². The average molecular weight is 519 g/mol. The number of methoxy groups -OCH3 is 1. The van der Waals surface area contributed by atoms with Crippen molar-refractivity contribution in [3.05, 3.63) is 30.5 Å². The first-order valence-corrected chi connectivity index (χ1v) is 12.6. The number of aliphatic hydroxyl groups is 1. The number of fused-ring (bicyclic) bond motifs is 1. The molecule has 2 aromatic rings. The number of likely N-dealkylation sites (tertiary alicyclic amines) is 1. The lowest BCUT2D eigenvalue weighted by atomic mass is 9.92. The van der Waals surface area contributed by atoms with Gasteiger partial charge in [0.1, 0.15) is 5.75 Å². The summed E-state index contributed by atoms with van der Waals surface area (Å²) < 4.78 is 5.30. The molecule has 1 aromatic carbocycles. The number of aliphatic carboxylic acids is 2. The third-order valence-electron chi connectivity index (χ3n) is 6.33. The second-order valence-electron chi connectivity index (χ2n) is 9.00. The number of nitrogens with one attached hydrogen (secondary N) is 2. The van der Waals surface area contributed by atoms with Gasteiger partial charge >= 0.3 is 18.0 Å². The standard InChI is InChI=1S/C24H36N4O3.C2H2O4/c1-3-4-5-6-7-13-28-14-11-21(18(16-28)17-29)26-24(30)27-23-10-12-25-22-9-8-19(31-2)15-20(22)23;3-1(4)2(5)6/h8-10,12,15,18,21,29H,3-7,11,13-14,16-17H2,1-2H3,(H2,25,26,27,30);(H,3,4)(H,5,6). The molecular weight excluding hydrogens is 480 g/mol. The Kier molecular flexibility index (Phi) is 12.6. The molecule has 2 atom stereocenters. The van der Waals surface area contributed by atoms with E-state index in [0.717, 1.165) is 37.0 Å². The van der Waals surface area contributed by atoms with Gasteiger partial charge in [-0.1, -0.05) is 32.6 Å². The molecule has 3 rings (SSSR count). The molecule has 2 heterocycles. The van der Waals surface area contributed by atoms with Crippen LogP contribution in [-0.4, -0.2) is 82.6 Å². The van der Waals surface area contributed by atoms with Crippen LogP contribution in [0.2, 0.25) is 0 Å². The number of rotatable bonds is 10. The van der Waals surface area contributed by atoms with E-state index in [2.05, 4.69) is 27.4 Å². The molecule has 1 fully saturated rings.